The Bertz CT molecular complexity index is 315. The molecule has 0 aliphatic rings. The Morgan fingerprint density at radius 1 is 1.31 bits per heavy atom. The van der Waals surface area contributed by atoms with Crippen LogP contribution in [0.15, 0.2) is 18.2 Å². The zero-order valence-corrected chi connectivity index (χ0v) is 10.9. The molecule has 16 heavy (non-hydrogen) atoms. The van der Waals surface area contributed by atoms with Gasteiger partial charge in [0.2, 0.25) is 0 Å². The van der Waals surface area contributed by atoms with Crippen LogP contribution >= 0.6 is 11.6 Å². The second-order valence-electron chi connectivity index (χ2n) is 3.94. The fourth-order valence-corrected chi connectivity index (χ4v) is 1.90. The van der Waals surface area contributed by atoms with Gasteiger partial charge >= 0.3 is 0 Å². The molecule has 0 atom stereocenters. The van der Waals surface area contributed by atoms with Gasteiger partial charge in [-0.2, -0.15) is 0 Å². The number of nitrogens with two attached hydrogens (primary N) is 1. The Balaban J connectivity index is 2.42. The van der Waals surface area contributed by atoms with E-state index in [1.165, 1.54) is 31.4 Å². The Kier molecular flexibility index (Phi) is 6.27. The summed E-state index contributed by atoms with van der Waals surface area (Å²) >= 11 is 5.97. The molecule has 90 valence electrons. The van der Waals surface area contributed by atoms with Crippen LogP contribution in [-0.4, -0.2) is 13.7 Å². The van der Waals surface area contributed by atoms with E-state index in [4.69, 9.17) is 16.3 Å². The van der Waals surface area contributed by atoms with E-state index in [0.717, 1.165) is 17.3 Å². The summed E-state index contributed by atoms with van der Waals surface area (Å²) in [5, 5.41) is 3.09. The lowest BCUT2D eigenvalue weighted by atomic mass is 10.2. The molecule has 1 rings (SSSR count). The minimum Gasteiger partial charge on any atom is -0.496 e. The van der Waals surface area contributed by atoms with Crippen molar-refractivity contribution in [1.29, 1.82) is 0 Å². The van der Waals surface area contributed by atoms with E-state index in [9.17, 15) is 0 Å². The van der Waals surface area contributed by atoms with Crippen LogP contribution in [0.25, 0.3) is 0 Å². The van der Waals surface area contributed by atoms with Crippen LogP contribution in [0.5, 0.6) is 5.75 Å². The number of hydrogen-bond acceptors (Lipinski definition) is 1. The standard InChI is InChI=1S/C13H20ClNO/c1-3-4-5-8-15-10-11-9-12(14)6-7-13(11)16-2/h6-7,9,15H,3-5,8,10H2,1-2H3/p+1. The summed E-state index contributed by atoms with van der Waals surface area (Å²) in [4.78, 5) is 0. The average Bonchev–Trinajstić information content (AvgIpc) is 2.29. The molecule has 0 spiro atoms. The summed E-state index contributed by atoms with van der Waals surface area (Å²) in [6, 6.07) is 5.77. The van der Waals surface area contributed by atoms with Gasteiger partial charge in [-0.25, -0.2) is 0 Å². The molecule has 0 aromatic heterocycles. The van der Waals surface area contributed by atoms with Crippen molar-refractivity contribution in [2.24, 2.45) is 0 Å². The summed E-state index contributed by atoms with van der Waals surface area (Å²) in [5.74, 6) is 0.927. The smallest absolute Gasteiger partial charge is 0.127 e. The first-order valence-corrected chi connectivity index (χ1v) is 6.29. The van der Waals surface area contributed by atoms with Crippen LogP contribution in [0, 0.1) is 0 Å². The maximum atomic E-state index is 5.97. The van der Waals surface area contributed by atoms with E-state index >= 15 is 0 Å². The number of benzene rings is 1. The molecule has 0 saturated carbocycles. The largest absolute Gasteiger partial charge is 0.496 e. The molecule has 0 bridgehead atoms. The van der Waals surface area contributed by atoms with Gasteiger partial charge in [0.25, 0.3) is 0 Å². The van der Waals surface area contributed by atoms with Gasteiger partial charge < -0.3 is 10.1 Å². The van der Waals surface area contributed by atoms with Crippen LogP contribution < -0.4 is 10.1 Å². The molecular formula is C13H21ClNO+. The van der Waals surface area contributed by atoms with Crippen LogP contribution in [0.4, 0.5) is 0 Å². The van der Waals surface area contributed by atoms with Gasteiger partial charge in [0.15, 0.2) is 0 Å². The molecule has 0 aliphatic carbocycles. The first-order valence-electron chi connectivity index (χ1n) is 5.92. The highest BCUT2D eigenvalue weighted by molar-refractivity contribution is 6.30. The van der Waals surface area contributed by atoms with Gasteiger partial charge in [-0.3, -0.25) is 0 Å². The van der Waals surface area contributed by atoms with Crippen molar-refractivity contribution < 1.29 is 10.1 Å². The highest BCUT2D eigenvalue weighted by Gasteiger charge is 2.05. The number of quaternary nitrogens is 1. The third kappa shape index (κ3) is 4.42. The zero-order chi connectivity index (χ0) is 11.8. The molecule has 0 amide bonds. The molecule has 2 nitrogen and oxygen atoms in total. The number of hydrogen-bond donors (Lipinski definition) is 1. The molecule has 0 aliphatic heterocycles. The van der Waals surface area contributed by atoms with E-state index in [0.29, 0.717) is 0 Å². The van der Waals surface area contributed by atoms with Gasteiger partial charge in [0.05, 0.1) is 13.7 Å². The van der Waals surface area contributed by atoms with E-state index in [1.54, 1.807) is 7.11 Å². The number of rotatable bonds is 7. The maximum absolute atomic E-state index is 5.97. The molecule has 0 radical (unpaired) electrons. The molecule has 1 aromatic carbocycles. The van der Waals surface area contributed by atoms with Crippen molar-refractivity contribution in [3.05, 3.63) is 28.8 Å². The predicted molar refractivity (Wildman–Crippen MR) is 68.0 cm³/mol. The Morgan fingerprint density at radius 3 is 2.81 bits per heavy atom. The first-order chi connectivity index (χ1) is 7.77. The molecular weight excluding hydrogens is 222 g/mol. The SMILES string of the molecule is CCCCC[NH2+]Cc1cc(Cl)ccc1OC. The molecule has 2 N–H and O–H groups in total. The molecule has 1 aromatic rings. The number of methoxy groups -OCH3 is 1. The number of ether oxygens (including phenoxy) is 1. The lowest BCUT2D eigenvalue weighted by Crippen LogP contribution is -2.82. The molecule has 0 saturated heterocycles. The minimum absolute atomic E-state index is 0.776. The highest BCUT2D eigenvalue weighted by Crippen LogP contribution is 2.21. The Hall–Kier alpha value is -0.730. The van der Waals surface area contributed by atoms with Crippen molar-refractivity contribution in [2.75, 3.05) is 13.7 Å². The summed E-state index contributed by atoms with van der Waals surface area (Å²) in [7, 11) is 1.70. The van der Waals surface area contributed by atoms with Crippen molar-refractivity contribution in [3.63, 3.8) is 0 Å². The summed E-state index contributed by atoms with van der Waals surface area (Å²) in [5.41, 5.74) is 1.17. The van der Waals surface area contributed by atoms with E-state index in [-0.39, 0.29) is 0 Å². The van der Waals surface area contributed by atoms with Crippen LogP contribution in [0.2, 0.25) is 5.02 Å². The van der Waals surface area contributed by atoms with E-state index in [1.807, 2.05) is 18.2 Å². The Morgan fingerprint density at radius 2 is 2.12 bits per heavy atom. The first kappa shape index (κ1) is 13.3. The van der Waals surface area contributed by atoms with E-state index in [2.05, 4.69) is 12.2 Å². The van der Waals surface area contributed by atoms with Crippen molar-refractivity contribution in [3.8, 4) is 5.75 Å². The van der Waals surface area contributed by atoms with Crippen LogP contribution in [-0.2, 0) is 6.54 Å². The Labute approximate surface area is 103 Å². The zero-order valence-electron chi connectivity index (χ0n) is 10.1. The molecule has 0 fully saturated rings. The average molecular weight is 243 g/mol. The van der Waals surface area contributed by atoms with Gasteiger partial charge in [0, 0.05) is 10.6 Å². The lowest BCUT2D eigenvalue weighted by molar-refractivity contribution is -0.671. The molecule has 0 unspecified atom stereocenters. The quantitative estimate of drug-likeness (QED) is 0.731. The second kappa shape index (κ2) is 7.53. The molecule has 3 heteroatoms. The normalized spacial score (nSPS) is 10.4. The molecule has 0 heterocycles. The van der Waals surface area contributed by atoms with Crippen molar-refractivity contribution in [2.45, 2.75) is 32.7 Å². The van der Waals surface area contributed by atoms with Crippen molar-refractivity contribution >= 4 is 11.6 Å². The summed E-state index contributed by atoms with van der Waals surface area (Å²) < 4.78 is 5.30. The topological polar surface area (TPSA) is 25.8 Å². The third-order valence-electron chi connectivity index (χ3n) is 2.62. The van der Waals surface area contributed by atoms with Gasteiger partial charge in [-0.05, 0) is 31.0 Å². The van der Waals surface area contributed by atoms with Crippen molar-refractivity contribution in [1.82, 2.24) is 0 Å². The highest BCUT2D eigenvalue weighted by atomic mass is 35.5. The van der Waals surface area contributed by atoms with Crippen LogP contribution in [0.3, 0.4) is 0 Å². The van der Waals surface area contributed by atoms with Gasteiger partial charge in [-0.15, -0.1) is 0 Å². The lowest BCUT2D eigenvalue weighted by Gasteiger charge is -2.07. The second-order valence-corrected chi connectivity index (χ2v) is 4.38. The summed E-state index contributed by atoms with van der Waals surface area (Å²) in [6.45, 7) is 4.33. The summed E-state index contributed by atoms with van der Waals surface area (Å²) in [6.07, 6.45) is 3.86. The third-order valence-corrected chi connectivity index (χ3v) is 2.85. The monoisotopic (exact) mass is 242 g/mol. The van der Waals surface area contributed by atoms with Crippen LogP contribution in [0.1, 0.15) is 31.7 Å². The fraction of sp³-hybridized carbons (Fsp3) is 0.538. The van der Waals surface area contributed by atoms with Gasteiger partial charge in [0.1, 0.15) is 12.3 Å². The van der Waals surface area contributed by atoms with E-state index < -0.39 is 0 Å². The maximum Gasteiger partial charge on any atom is 0.127 e. The number of halogens is 1. The predicted octanol–water partition coefficient (Wildman–Crippen LogP) is 2.60. The minimum atomic E-state index is 0.776. The van der Waals surface area contributed by atoms with Gasteiger partial charge in [-0.1, -0.05) is 24.9 Å². The number of unbranched alkanes of at least 4 members (excludes halogenated alkanes) is 2. The fourth-order valence-electron chi connectivity index (χ4n) is 1.70.